The molecule has 5 heteroatoms. The molecule has 1 fully saturated rings. The number of fused-ring (bicyclic) bond motifs is 2. The van der Waals surface area contributed by atoms with Gasteiger partial charge in [0.1, 0.15) is 6.54 Å². The Kier molecular flexibility index (Phi) is 5.03. The van der Waals surface area contributed by atoms with Crippen molar-refractivity contribution in [2.75, 3.05) is 0 Å². The van der Waals surface area contributed by atoms with E-state index in [-0.39, 0.29) is 23.4 Å². The van der Waals surface area contributed by atoms with Crippen LogP contribution in [0.15, 0.2) is 77.6 Å². The zero-order valence-corrected chi connectivity index (χ0v) is 17.9. The molecule has 4 nitrogen and oxygen atoms in total. The molecule has 5 rings (SSSR count). The summed E-state index contributed by atoms with van der Waals surface area (Å²) in [6.07, 6.45) is 3.97. The van der Waals surface area contributed by atoms with E-state index in [0.717, 1.165) is 42.3 Å². The summed E-state index contributed by atoms with van der Waals surface area (Å²) < 4.78 is 1.95. The first kappa shape index (κ1) is 19.8. The molecule has 0 aliphatic heterocycles. The summed E-state index contributed by atoms with van der Waals surface area (Å²) in [5.74, 6) is -0.0594. The molecule has 1 heterocycles. The number of nitrogens with zero attached hydrogens (tertiary/aromatic N) is 1. The summed E-state index contributed by atoms with van der Waals surface area (Å²) in [5.41, 5.74) is 2.27. The molecule has 0 radical (unpaired) electrons. The van der Waals surface area contributed by atoms with Crippen LogP contribution in [-0.4, -0.2) is 10.5 Å². The fourth-order valence-electron chi connectivity index (χ4n) is 4.93. The van der Waals surface area contributed by atoms with Crippen LogP contribution in [0.5, 0.6) is 0 Å². The number of aromatic nitrogens is 1. The smallest absolute Gasteiger partial charge is 0.240 e. The van der Waals surface area contributed by atoms with Crippen LogP contribution in [0.25, 0.3) is 21.8 Å². The minimum Gasteiger partial charge on any atom is -0.345 e. The molecule has 1 saturated carbocycles. The van der Waals surface area contributed by atoms with Crippen molar-refractivity contribution in [3.05, 3.63) is 93.6 Å². The van der Waals surface area contributed by atoms with Gasteiger partial charge in [-0.2, -0.15) is 0 Å². The first-order chi connectivity index (χ1) is 15.1. The molecule has 0 atom stereocenters. The molecule has 31 heavy (non-hydrogen) atoms. The Morgan fingerprint density at radius 1 is 0.871 bits per heavy atom. The number of benzene rings is 3. The van der Waals surface area contributed by atoms with Crippen LogP contribution in [0.2, 0.25) is 5.02 Å². The number of nitrogens with one attached hydrogen (secondary N) is 1. The SMILES string of the molecule is O=C(Cn1c2ccccc2c(=O)c2ccccc21)NC1(c2ccc(Cl)cc2)CCCC1. The van der Waals surface area contributed by atoms with E-state index >= 15 is 0 Å². The quantitative estimate of drug-likeness (QED) is 0.441. The van der Waals surface area contributed by atoms with Crippen molar-refractivity contribution in [3.8, 4) is 0 Å². The largest absolute Gasteiger partial charge is 0.345 e. The maximum absolute atomic E-state index is 13.4. The lowest BCUT2D eigenvalue weighted by Gasteiger charge is -2.31. The van der Waals surface area contributed by atoms with E-state index in [0.29, 0.717) is 15.8 Å². The highest BCUT2D eigenvalue weighted by Crippen LogP contribution is 2.39. The monoisotopic (exact) mass is 430 g/mol. The molecule has 0 saturated heterocycles. The average Bonchev–Trinajstić information content (AvgIpc) is 3.26. The van der Waals surface area contributed by atoms with Crippen LogP contribution >= 0.6 is 11.6 Å². The molecule has 0 unspecified atom stereocenters. The lowest BCUT2D eigenvalue weighted by atomic mass is 9.88. The number of carbonyl (C=O) groups is 1. The highest BCUT2D eigenvalue weighted by Gasteiger charge is 2.37. The predicted octanol–water partition coefficient (Wildman–Crippen LogP) is 5.39. The van der Waals surface area contributed by atoms with Crippen molar-refractivity contribution >= 4 is 39.3 Å². The Balaban J connectivity index is 1.55. The van der Waals surface area contributed by atoms with Gasteiger partial charge in [-0.25, -0.2) is 0 Å². The maximum atomic E-state index is 13.4. The summed E-state index contributed by atoms with van der Waals surface area (Å²) in [7, 11) is 0. The zero-order chi connectivity index (χ0) is 21.4. The van der Waals surface area contributed by atoms with Crippen molar-refractivity contribution in [3.63, 3.8) is 0 Å². The van der Waals surface area contributed by atoms with Crippen LogP contribution in [0, 0.1) is 0 Å². The first-order valence-electron chi connectivity index (χ1n) is 10.6. The van der Waals surface area contributed by atoms with Gasteiger partial charge in [0.2, 0.25) is 5.91 Å². The lowest BCUT2D eigenvalue weighted by Crippen LogP contribution is -2.45. The molecule has 0 spiro atoms. The van der Waals surface area contributed by atoms with Crippen LogP contribution in [-0.2, 0) is 16.9 Å². The van der Waals surface area contributed by atoms with Gasteiger partial charge >= 0.3 is 0 Å². The molecule has 1 N–H and O–H groups in total. The van der Waals surface area contributed by atoms with Crippen molar-refractivity contribution < 1.29 is 4.79 Å². The van der Waals surface area contributed by atoms with Crippen molar-refractivity contribution in [1.82, 2.24) is 9.88 Å². The molecule has 1 aromatic heterocycles. The standard InChI is InChI=1S/C26H23ClN2O2/c27-19-13-11-18(12-14-19)26(15-5-6-16-26)28-24(30)17-29-22-9-3-1-7-20(22)25(31)21-8-2-4-10-23(21)29/h1-4,7-14H,5-6,15-17H2,(H,28,30). The molecule has 1 aliphatic carbocycles. The van der Waals surface area contributed by atoms with E-state index in [9.17, 15) is 9.59 Å². The number of pyridine rings is 1. The number of hydrogen-bond donors (Lipinski definition) is 1. The van der Waals surface area contributed by atoms with Crippen LogP contribution in [0.1, 0.15) is 31.2 Å². The second kappa shape index (κ2) is 7.86. The summed E-state index contributed by atoms with van der Waals surface area (Å²) in [6, 6.07) is 22.8. The summed E-state index contributed by atoms with van der Waals surface area (Å²) >= 11 is 6.08. The Labute approximate surface area is 185 Å². The number of carbonyl (C=O) groups excluding carboxylic acids is 1. The molecule has 1 amide bonds. The van der Waals surface area contributed by atoms with E-state index in [2.05, 4.69) is 5.32 Å². The Bertz CT molecular complexity index is 1280. The van der Waals surface area contributed by atoms with Gasteiger partial charge in [-0.15, -0.1) is 0 Å². The van der Waals surface area contributed by atoms with E-state index in [1.54, 1.807) is 0 Å². The van der Waals surface area contributed by atoms with Crippen molar-refractivity contribution in [2.45, 2.75) is 37.8 Å². The van der Waals surface area contributed by atoms with Gasteiger partial charge in [0.15, 0.2) is 5.43 Å². The second-order valence-electron chi connectivity index (χ2n) is 8.29. The van der Waals surface area contributed by atoms with Gasteiger partial charge in [0.05, 0.1) is 16.6 Å². The van der Waals surface area contributed by atoms with E-state index < -0.39 is 0 Å². The summed E-state index contributed by atoms with van der Waals surface area (Å²) in [6.45, 7) is 0.149. The van der Waals surface area contributed by atoms with Gasteiger partial charge in [-0.3, -0.25) is 9.59 Å². The minimum absolute atomic E-state index is 0.00344. The Morgan fingerprint density at radius 3 is 2.00 bits per heavy atom. The van der Waals surface area contributed by atoms with Gasteiger partial charge in [0.25, 0.3) is 0 Å². The molecular weight excluding hydrogens is 408 g/mol. The van der Waals surface area contributed by atoms with Gasteiger partial charge in [0, 0.05) is 15.8 Å². The number of hydrogen-bond acceptors (Lipinski definition) is 2. The third-order valence-electron chi connectivity index (χ3n) is 6.41. The molecular formula is C26H23ClN2O2. The highest BCUT2D eigenvalue weighted by molar-refractivity contribution is 6.30. The number of halogens is 1. The molecule has 1 aliphatic rings. The first-order valence-corrected chi connectivity index (χ1v) is 11.0. The zero-order valence-electron chi connectivity index (χ0n) is 17.1. The van der Waals surface area contributed by atoms with Crippen LogP contribution in [0.3, 0.4) is 0 Å². The molecule has 3 aromatic carbocycles. The molecule has 0 bridgehead atoms. The fraction of sp³-hybridized carbons (Fsp3) is 0.231. The maximum Gasteiger partial charge on any atom is 0.240 e. The van der Waals surface area contributed by atoms with Crippen LogP contribution in [0.4, 0.5) is 0 Å². The minimum atomic E-state index is -0.369. The van der Waals surface area contributed by atoms with Gasteiger partial charge in [-0.1, -0.05) is 60.8 Å². The van der Waals surface area contributed by atoms with E-state index in [4.69, 9.17) is 11.6 Å². The summed E-state index contributed by atoms with van der Waals surface area (Å²) in [5, 5.41) is 5.28. The van der Waals surface area contributed by atoms with Crippen molar-refractivity contribution in [2.24, 2.45) is 0 Å². The fourth-order valence-corrected chi connectivity index (χ4v) is 5.06. The predicted molar refractivity (Wildman–Crippen MR) is 125 cm³/mol. The lowest BCUT2D eigenvalue weighted by molar-refractivity contribution is -0.123. The van der Waals surface area contributed by atoms with E-state index in [1.165, 1.54) is 0 Å². The van der Waals surface area contributed by atoms with Crippen molar-refractivity contribution in [1.29, 1.82) is 0 Å². The Hall–Kier alpha value is -3.11. The topological polar surface area (TPSA) is 51.1 Å². The average molecular weight is 431 g/mol. The highest BCUT2D eigenvalue weighted by atomic mass is 35.5. The summed E-state index contributed by atoms with van der Waals surface area (Å²) in [4.78, 5) is 26.3. The van der Waals surface area contributed by atoms with Gasteiger partial charge in [-0.05, 0) is 54.8 Å². The van der Waals surface area contributed by atoms with Crippen LogP contribution < -0.4 is 10.7 Å². The Morgan fingerprint density at radius 2 is 1.42 bits per heavy atom. The third-order valence-corrected chi connectivity index (χ3v) is 6.67. The van der Waals surface area contributed by atoms with Gasteiger partial charge < -0.3 is 9.88 Å². The second-order valence-corrected chi connectivity index (χ2v) is 8.73. The third kappa shape index (κ3) is 3.51. The molecule has 156 valence electrons. The number of para-hydroxylation sites is 2. The normalized spacial score (nSPS) is 15.4. The molecule has 4 aromatic rings. The van der Waals surface area contributed by atoms with E-state index in [1.807, 2.05) is 77.4 Å². The number of amides is 1. The number of rotatable bonds is 4.